The Morgan fingerprint density at radius 1 is 1.29 bits per heavy atom. The van der Waals surface area contributed by atoms with Crippen LogP contribution in [-0.4, -0.2) is 29.4 Å². The number of rotatable bonds is 5. The van der Waals surface area contributed by atoms with Crippen LogP contribution in [-0.2, 0) is 4.79 Å². The molecule has 3 nitrogen and oxygen atoms in total. The van der Waals surface area contributed by atoms with E-state index in [0.717, 1.165) is 38.6 Å². The molecule has 0 aliphatic heterocycles. The molecule has 0 radical (unpaired) electrons. The summed E-state index contributed by atoms with van der Waals surface area (Å²) >= 11 is 0. The lowest BCUT2D eigenvalue weighted by atomic mass is 9.90. The molecule has 1 amide bonds. The van der Waals surface area contributed by atoms with Crippen molar-refractivity contribution in [1.29, 1.82) is 0 Å². The molecular formula is C14H28N2O. The Balaban J connectivity index is 2.55. The first-order valence-electron chi connectivity index (χ1n) is 7.09. The molecule has 0 aromatic heterocycles. The minimum Gasteiger partial charge on any atom is -0.340 e. The first kappa shape index (κ1) is 14.5. The molecular weight excluding hydrogens is 212 g/mol. The molecule has 0 spiro atoms. The number of nitrogens with two attached hydrogens (primary N) is 1. The number of carbonyl (C=O) groups excluding carboxylic acids is 1. The smallest absolute Gasteiger partial charge is 0.223 e. The van der Waals surface area contributed by atoms with Crippen molar-refractivity contribution < 1.29 is 4.79 Å². The van der Waals surface area contributed by atoms with Crippen molar-refractivity contribution in [3.05, 3.63) is 0 Å². The zero-order valence-electron chi connectivity index (χ0n) is 11.6. The maximum Gasteiger partial charge on any atom is 0.223 e. The number of amides is 1. The molecule has 0 aromatic carbocycles. The Morgan fingerprint density at radius 2 is 1.88 bits per heavy atom. The molecule has 1 aliphatic carbocycles. The van der Waals surface area contributed by atoms with Gasteiger partial charge >= 0.3 is 0 Å². The fraction of sp³-hybridized carbons (Fsp3) is 0.929. The molecule has 0 heterocycles. The van der Waals surface area contributed by atoms with E-state index in [1.165, 1.54) is 0 Å². The Kier molecular flexibility index (Phi) is 5.96. The van der Waals surface area contributed by atoms with Crippen LogP contribution in [0.3, 0.4) is 0 Å². The minimum absolute atomic E-state index is 0.335. The summed E-state index contributed by atoms with van der Waals surface area (Å²) in [6.07, 6.45) is 6.05. The predicted octanol–water partition coefficient (Wildman–Crippen LogP) is 2.54. The summed E-state index contributed by atoms with van der Waals surface area (Å²) in [6.45, 7) is 7.27. The van der Waals surface area contributed by atoms with Gasteiger partial charge in [0, 0.05) is 25.0 Å². The van der Waals surface area contributed by atoms with Crippen LogP contribution in [0.4, 0.5) is 0 Å². The molecule has 0 saturated heterocycles. The highest BCUT2D eigenvalue weighted by Gasteiger charge is 2.27. The van der Waals surface area contributed by atoms with Crippen molar-refractivity contribution in [1.82, 2.24) is 4.90 Å². The molecule has 0 aromatic rings. The van der Waals surface area contributed by atoms with Crippen molar-refractivity contribution in [3.63, 3.8) is 0 Å². The SMILES string of the molecule is CCCN(C(=O)CC(C)C)C1CCC(N)CC1. The topological polar surface area (TPSA) is 46.3 Å². The van der Waals surface area contributed by atoms with Gasteiger partial charge in [0.2, 0.25) is 5.91 Å². The van der Waals surface area contributed by atoms with Gasteiger partial charge in [-0.2, -0.15) is 0 Å². The third-order valence-corrected chi connectivity index (χ3v) is 3.55. The van der Waals surface area contributed by atoms with E-state index in [0.29, 0.717) is 30.3 Å². The molecule has 1 fully saturated rings. The van der Waals surface area contributed by atoms with Gasteiger partial charge in [0.25, 0.3) is 0 Å². The summed E-state index contributed by atoms with van der Waals surface area (Å²) in [5, 5.41) is 0. The highest BCUT2D eigenvalue weighted by Crippen LogP contribution is 2.23. The lowest BCUT2D eigenvalue weighted by molar-refractivity contribution is -0.135. The molecule has 100 valence electrons. The number of hydrogen-bond donors (Lipinski definition) is 1. The zero-order chi connectivity index (χ0) is 12.8. The van der Waals surface area contributed by atoms with E-state index in [1.807, 2.05) is 0 Å². The Hall–Kier alpha value is -0.570. The van der Waals surface area contributed by atoms with Crippen LogP contribution in [0, 0.1) is 5.92 Å². The van der Waals surface area contributed by atoms with Crippen molar-refractivity contribution in [2.45, 2.75) is 71.4 Å². The molecule has 1 saturated carbocycles. The third-order valence-electron chi connectivity index (χ3n) is 3.55. The van der Waals surface area contributed by atoms with Crippen LogP contribution < -0.4 is 5.73 Å². The summed E-state index contributed by atoms with van der Waals surface area (Å²) in [5.74, 6) is 0.787. The Bertz CT molecular complexity index is 232. The lowest BCUT2D eigenvalue weighted by Crippen LogP contribution is -2.44. The molecule has 17 heavy (non-hydrogen) atoms. The fourth-order valence-electron chi connectivity index (χ4n) is 2.63. The minimum atomic E-state index is 0.335. The average molecular weight is 240 g/mol. The van der Waals surface area contributed by atoms with E-state index in [9.17, 15) is 4.79 Å². The first-order valence-corrected chi connectivity index (χ1v) is 7.09. The van der Waals surface area contributed by atoms with Crippen molar-refractivity contribution in [2.24, 2.45) is 11.7 Å². The van der Waals surface area contributed by atoms with Crippen LogP contribution in [0.1, 0.15) is 59.3 Å². The molecule has 0 bridgehead atoms. The normalized spacial score (nSPS) is 25.0. The van der Waals surface area contributed by atoms with Gasteiger partial charge in [-0.15, -0.1) is 0 Å². The molecule has 2 N–H and O–H groups in total. The summed E-state index contributed by atoms with van der Waals surface area (Å²) in [4.78, 5) is 14.3. The van der Waals surface area contributed by atoms with Gasteiger partial charge in [0.15, 0.2) is 0 Å². The predicted molar refractivity (Wildman–Crippen MR) is 71.7 cm³/mol. The van der Waals surface area contributed by atoms with Crippen molar-refractivity contribution in [2.75, 3.05) is 6.54 Å². The monoisotopic (exact) mass is 240 g/mol. The van der Waals surface area contributed by atoms with Gasteiger partial charge in [-0.1, -0.05) is 20.8 Å². The van der Waals surface area contributed by atoms with Gasteiger partial charge in [0.1, 0.15) is 0 Å². The van der Waals surface area contributed by atoms with E-state index in [2.05, 4.69) is 25.7 Å². The van der Waals surface area contributed by atoms with Gasteiger partial charge in [-0.3, -0.25) is 4.79 Å². The average Bonchev–Trinajstić information content (AvgIpc) is 2.26. The van der Waals surface area contributed by atoms with Crippen LogP contribution in [0.2, 0.25) is 0 Å². The standard InChI is InChI=1S/C14H28N2O/c1-4-9-16(14(17)10-11(2)3)13-7-5-12(15)6-8-13/h11-13H,4-10,15H2,1-3H3. The van der Waals surface area contributed by atoms with E-state index in [1.54, 1.807) is 0 Å². The van der Waals surface area contributed by atoms with Crippen LogP contribution in [0.5, 0.6) is 0 Å². The van der Waals surface area contributed by atoms with E-state index in [-0.39, 0.29) is 0 Å². The van der Waals surface area contributed by atoms with Crippen LogP contribution in [0.25, 0.3) is 0 Å². The molecule has 1 rings (SSSR count). The molecule has 0 atom stereocenters. The second kappa shape index (κ2) is 7.00. The zero-order valence-corrected chi connectivity index (χ0v) is 11.6. The molecule has 1 aliphatic rings. The van der Waals surface area contributed by atoms with Crippen LogP contribution in [0.15, 0.2) is 0 Å². The molecule has 0 unspecified atom stereocenters. The van der Waals surface area contributed by atoms with Crippen molar-refractivity contribution >= 4 is 5.91 Å². The van der Waals surface area contributed by atoms with Gasteiger partial charge in [-0.25, -0.2) is 0 Å². The summed E-state index contributed by atoms with van der Waals surface area (Å²) in [7, 11) is 0. The first-order chi connectivity index (χ1) is 8.04. The highest BCUT2D eigenvalue weighted by atomic mass is 16.2. The summed E-state index contributed by atoms with van der Waals surface area (Å²) in [6, 6.07) is 0.802. The Morgan fingerprint density at radius 3 is 2.35 bits per heavy atom. The lowest BCUT2D eigenvalue weighted by Gasteiger charge is -2.36. The van der Waals surface area contributed by atoms with Crippen molar-refractivity contribution in [3.8, 4) is 0 Å². The Labute approximate surface area is 106 Å². The summed E-state index contributed by atoms with van der Waals surface area (Å²) < 4.78 is 0. The quantitative estimate of drug-likeness (QED) is 0.802. The van der Waals surface area contributed by atoms with Crippen LogP contribution >= 0.6 is 0 Å². The maximum atomic E-state index is 12.2. The van der Waals surface area contributed by atoms with Gasteiger partial charge < -0.3 is 10.6 Å². The fourth-order valence-corrected chi connectivity index (χ4v) is 2.63. The second-order valence-electron chi connectivity index (χ2n) is 5.75. The van der Waals surface area contributed by atoms with Gasteiger partial charge in [-0.05, 0) is 38.0 Å². The maximum absolute atomic E-state index is 12.2. The second-order valence-corrected chi connectivity index (χ2v) is 5.75. The molecule has 3 heteroatoms. The highest BCUT2D eigenvalue weighted by molar-refractivity contribution is 5.76. The summed E-state index contributed by atoms with van der Waals surface area (Å²) in [5.41, 5.74) is 5.92. The third kappa shape index (κ3) is 4.66. The largest absolute Gasteiger partial charge is 0.340 e. The number of carbonyl (C=O) groups is 1. The number of hydrogen-bond acceptors (Lipinski definition) is 2. The van der Waals surface area contributed by atoms with E-state index >= 15 is 0 Å². The van der Waals surface area contributed by atoms with E-state index < -0.39 is 0 Å². The van der Waals surface area contributed by atoms with E-state index in [4.69, 9.17) is 5.73 Å². The number of nitrogens with zero attached hydrogens (tertiary/aromatic N) is 1. The van der Waals surface area contributed by atoms with Gasteiger partial charge in [0.05, 0.1) is 0 Å².